The highest BCUT2D eigenvalue weighted by molar-refractivity contribution is 6.50. The van der Waals surface area contributed by atoms with Crippen LogP contribution in [-0.2, 0) is 19.1 Å². The standard InChI is InChI=1S/C21H18N2O5/c1-27-20(25)16-13-17(19(24)14-9-5-3-6-10-14)22-23(18(16)21(26)28-2)15-11-7-4-8-12-15/h3-13,18H,1-2H3/t18-/m1/s1. The Morgan fingerprint density at radius 2 is 1.50 bits per heavy atom. The zero-order valence-electron chi connectivity index (χ0n) is 15.4. The van der Waals surface area contributed by atoms with Crippen molar-refractivity contribution in [3.63, 3.8) is 0 Å². The highest BCUT2D eigenvalue weighted by atomic mass is 16.5. The lowest BCUT2D eigenvalue weighted by Gasteiger charge is -2.31. The van der Waals surface area contributed by atoms with Gasteiger partial charge in [0.2, 0.25) is 5.78 Å². The molecule has 0 bridgehead atoms. The molecule has 1 heterocycles. The number of methoxy groups -OCH3 is 2. The predicted octanol–water partition coefficient (Wildman–Crippen LogP) is 2.39. The quantitative estimate of drug-likeness (QED) is 0.587. The van der Waals surface area contributed by atoms with E-state index in [9.17, 15) is 14.4 Å². The average Bonchev–Trinajstić information content (AvgIpc) is 2.77. The third-order valence-electron chi connectivity index (χ3n) is 4.18. The number of ether oxygens (including phenoxy) is 2. The SMILES string of the molecule is COC(=O)C1=CC(C(=O)c2ccccc2)=NN(c2ccccc2)[C@H]1C(=O)OC. The molecular formula is C21H18N2O5. The Morgan fingerprint density at radius 3 is 2.07 bits per heavy atom. The summed E-state index contributed by atoms with van der Waals surface area (Å²) >= 11 is 0. The Balaban J connectivity index is 2.15. The van der Waals surface area contributed by atoms with E-state index in [0.29, 0.717) is 11.3 Å². The topological polar surface area (TPSA) is 85.3 Å². The molecule has 7 heteroatoms. The fourth-order valence-corrected chi connectivity index (χ4v) is 2.82. The van der Waals surface area contributed by atoms with E-state index in [4.69, 9.17) is 9.47 Å². The minimum absolute atomic E-state index is 0.00982. The number of hydrogen-bond acceptors (Lipinski definition) is 7. The summed E-state index contributed by atoms with van der Waals surface area (Å²) in [7, 11) is 2.42. The van der Waals surface area contributed by atoms with Crippen LogP contribution < -0.4 is 5.01 Å². The molecule has 2 aromatic rings. The van der Waals surface area contributed by atoms with Crippen LogP contribution in [0.4, 0.5) is 5.69 Å². The highest BCUT2D eigenvalue weighted by Crippen LogP contribution is 2.27. The van der Waals surface area contributed by atoms with Crippen molar-refractivity contribution in [2.45, 2.75) is 6.04 Å². The van der Waals surface area contributed by atoms with Crippen molar-refractivity contribution in [1.82, 2.24) is 0 Å². The van der Waals surface area contributed by atoms with Crippen LogP contribution in [0.5, 0.6) is 0 Å². The second-order valence-corrected chi connectivity index (χ2v) is 5.88. The minimum atomic E-state index is -1.17. The number of esters is 2. The molecule has 0 amide bonds. The van der Waals surface area contributed by atoms with Gasteiger partial charge in [0.25, 0.3) is 0 Å². The Labute approximate surface area is 161 Å². The molecular weight excluding hydrogens is 360 g/mol. The van der Waals surface area contributed by atoms with Gasteiger partial charge in [-0.15, -0.1) is 0 Å². The van der Waals surface area contributed by atoms with E-state index in [-0.39, 0.29) is 17.1 Å². The monoisotopic (exact) mass is 378 g/mol. The molecule has 1 aliphatic rings. The second-order valence-electron chi connectivity index (χ2n) is 5.88. The van der Waals surface area contributed by atoms with E-state index in [2.05, 4.69) is 5.10 Å². The van der Waals surface area contributed by atoms with E-state index >= 15 is 0 Å². The van der Waals surface area contributed by atoms with Crippen LogP contribution in [0.15, 0.2) is 77.4 Å². The van der Waals surface area contributed by atoms with Gasteiger partial charge in [0, 0.05) is 5.56 Å². The summed E-state index contributed by atoms with van der Waals surface area (Å²) in [5.74, 6) is -1.83. The van der Waals surface area contributed by atoms with Gasteiger partial charge in [-0.3, -0.25) is 4.79 Å². The van der Waals surface area contributed by atoms with Crippen LogP contribution in [0, 0.1) is 0 Å². The summed E-state index contributed by atoms with van der Waals surface area (Å²) in [5, 5.41) is 5.66. The smallest absolute Gasteiger partial charge is 0.336 e. The normalized spacial score (nSPS) is 15.9. The van der Waals surface area contributed by atoms with Gasteiger partial charge in [-0.05, 0) is 18.2 Å². The number of carbonyl (C=O) groups is 3. The predicted molar refractivity (Wildman–Crippen MR) is 103 cm³/mol. The maximum atomic E-state index is 12.9. The van der Waals surface area contributed by atoms with Gasteiger partial charge in [0.15, 0.2) is 6.04 Å². The molecule has 0 saturated carbocycles. The third-order valence-corrected chi connectivity index (χ3v) is 4.18. The van der Waals surface area contributed by atoms with Crippen LogP contribution in [0.3, 0.4) is 0 Å². The third kappa shape index (κ3) is 3.68. The summed E-state index contributed by atoms with van der Waals surface area (Å²) in [6.45, 7) is 0. The fraction of sp³-hybridized carbons (Fsp3) is 0.143. The number of benzene rings is 2. The number of ketones is 1. The molecule has 1 atom stereocenters. The van der Waals surface area contributed by atoms with Crippen LogP contribution in [0.1, 0.15) is 10.4 Å². The molecule has 0 saturated heterocycles. The number of rotatable bonds is 5. The first-order valence-corrected chi connectivity index (χ1v) is 8.47. The molecule has 3 rings (SSSR count). The number of anilines is 1. The molecule has 0 aromatic heterocycles. The van der Waals surface area contributed by atoms with E-state index in [1.54, 1.807) is 60.7 Å². The fourth-order valence-electron chi connectivity index (χ4n) is 2.82. The molecule has 0 radical (unpaired) electrons. The Hall–Kier alpha value is -3.74. The van der Waals surface area contributed by atoms with Gasteiger partial charge in [-0.2, -0.15) is 5.10 Å². The van der Waals surface area contributed by atoms with Crippen molar-refractivity contribution in [2.24, 2.45) is 5.10 Å². The number of carbonyl (C=O) groups excluding carboxylic acids is 3. The van der Waals surface area contributed by atoms with Crippen molar-refractivity contribution in [3.8, 4) is 0 Å². The molecule has 0 aliphatic carbocycles. The van der Waals surface area contributed by atoms with Gasteiger partial charge >= 0.3 is 11.9 Å². The second kappa shape index (κ2) is 8.30. The van der Waals surface area contributed by atoms with Gasteiger partial charge in [-0.25, -0.2) is 14.6 Å². The van der Waals surface area contributed by atoms with Crippen LogP contribution in [0.25, 0.3) is 0 Å². The molecule has 142 valence electrons. The molecule has 0 spiro atoms. The van der Waals surface area contributed by atoms with Crippen LogP contribution in [-0.4, -0.2) is 43.7 Å². The zero-order valence-corrected chi connectivity index (χ0v) is 15.4. The minimum Gasteiger partial charge on any atom is -0.467 e. The summed E-state index contributed by atoms with van der Waals surface area (Å²) in [6.07, 6.45) is 1.28. The van der Waals surface area contributed by atoms with E-state index in [1.807, 2.05) is 0 Å². The van der Waals surface area contributed by atoms with Crippen molar-refractivity contribution in [2.75, 3.05) is 19.2 Å². The number of hydrazone groups is 1. The largest absolute Gasteiger partial charge is 0.467 e. The maximum Gasteiger partial charge on any atom is 0.336 e. The maximum absolute atomic E-state index is 12.9. The van der Waals surface area contributed by atoms with Crippen molar-refractivity contribution < 1.29 is 23.9 Å². The Kier molecular flexibility index (Phi) is 5.64. The molecule has 0 unspecified atom stereocenters. The van der Waals surface area contributed by atoms with Gasteiger partial charge in [0.1, 0.15) is 5.71 Å². The molecule has 28 heavy (non-hydrogen) atoms. The number of para-hydroxylation sites is 1. The van der Waals surface area contributed by atoms with Crippen LogP contribution in [0.2, 0.25) is 0 Å². The number of Topliss-reactive ketones (excluding diaryl/α,β-unsaturated/α-hetero) is 1. The van der Waals surface area contributed by atoms with E-state index in [0.717, 1.165) is 0 Å². The lowest BCUT2D eigenvalue weighted by molar-refractivity contribution is -0.144. The van der Waals surface area contributed by atoms with E-state index < -0.39 is 18.0 Å². The molecule has 1 aliphatic heterocycles. The first-order chi connectivity index (χ1) is 13.6. The van der Waals surface area contributed by atoms with Crippen molar-refractivity contribution >= 4 is 29.1 Å². The molecule has 2 aromatic carbocycles. The number of nitrogens with zero attached hydrogens (tertiary/aromatic N) is 2. The number of allylic oxidation sites excluding steroid dienone is 1. The highest BCUT2D eigenvalue weighted by Gasteiger charge is 2.39. The van der Waals surface area contributed by atoms with Crippen molar-refractivity contribution in [1.29, 1.82) is 0 Å². The summed E-state index contributed by atoms with van der Waals surface area (Å²) in [5.41, 5.74) is 0.903. The Morgan fingerprint density at radius 1 is 0.893 bits per heavy atom. The molecule has 7 nitrogen and oxygen atoms in total. The first-order valence-electron chi connectivity index (χ1n) is 8.47. The van der Waals surface area contributed by atoms with Gasteiger partial charge < -0.3 is 9.47 Å². The summed E-state index contributed by atoms with van der Waals surface area (Å²) in [4.78, 5) is 37.8. The van der Waals surface area contributed by atoms with Gasteiger partial charge in [-0.1, -0.05) is 48.5 Å². The lowest BCUT2D eigenvalue weighted by Crippen LogP contribution is -2.46. The molecule has 0 fully saturated rings. The first kappa shape index (κ1) is 19.0. The van der Waals surface area contributed by atoms with Crippen molar-refractivity contribution in [3.05, 3.63) is 77.9 Å². The molecule has 0 N–H and O–H groups in total. The zero-order chi connectivity index (χ0) is 20.1. The van der Waals surface area contributed by atoms with Gasteiger partial charge in [0.05, 0.1) is 25.5 Å². The summed E-state index contributed by atoms with van der Waals surface area (Å²) in [6, 6.07) is 16.1. The van der Waals surface area contributed by atoms with Crippen LogP contribution >= 0.6 is 0 Å². The van der Waals surface area contributed by atoms with E-state index in [1.165, 1.54) is 25.3 Å². The lowest BCUT2D eigenvalue weighted by atomic mass is 9.98. The number of hydrogen-bond donors (Lipinski definition) is 0. The average molecular weight is 378 g/mol. The summed E-state index contributed by atoms with van der Waals surface area (Å²) < 4.78 is 9.69. The Bertz CT molecular complexity index is 951.